The number of nitrogens with one attached hydrogen (secondary N) is 2. The highest BCUT2D eigenvalue weighted by Gasteiger charge is 2.12. The van der Waals surface area contributed by atoms with Gasteiger partial charge in [-0.3, -0.25) is 4.79 Å². The molecule has 2 amide bonds. The van der Waals surface area contributed by atoms with E-state index in [1.165, 1.54) is 12.1 Å². The van der Waals surface area contributed by atoms with E-state index < -0.39 is 12.0 Å². The Kier molecular flexibility index (Phi) is 6.50. The number of aliphatic carboxylic acids is 1. The smallest absolute Gasteiger partial charge is 0.319 e. The van der Waals surface area contributed by atoms with Gasteiger partial charge in [-0.15, -0.1) is 0 Å². The third-order valence-electron chi connectivity index (χ3n) is 2.94. The Morgan fingerprint density at radius 2 is 2.19 bits per heavy atom. The predicted molar refractivity (Wildman–Crippen MR) is 79.2 cm³/mol. The van der Waals surface area contributed by atoms with Gasteiger partial charge in [0.05, 0.1) is 10.6 Å². The van der Waals surface area contributed by atoms with Gasteiger partial charge in [-0.05, 0) is 24.1 Å². The molecule has 7 heteroatoms. The second kappa shape index (κ2) is 8.12. The van der Waals surface area contributed by atoms with Crippen LogP contribution in [0.3, 0.4) is 0 Å². The minimum atomic E-state index is -0.886. The Morgan fingerprint density at radius 3 is 2.71 bits per heavy atom. The van der Waals surface area contributed by atoms with E-state index in [2.05, 4.69) is 10.6 Å². The summed E-state index contributed by atoms with van der Waals surface area (Å²) in [5.41, 5.74) is 0.790. The van der Waals surface area contributed by atoms with Crippen LogP contribution < -0.4 is 10.6 Å². The Bertz CT molecular complexity index is 569. The Balaban J connectivity index is 2.52. The molecule has 0 bridgehead atoms. The zero-order chi connectivity index (χ0) is 15.8. The maximum atomic E-state index is 11.7. The van der Waals surface area contributed by atoms with Gasteiger partial charge < -0.3 is 15.7 Å². The number of urea groups is 1. The zero-order valence-corrected chi connectivity index (χ0v) is 12.3. The molecule has 0 saturated heterocycles. The molecule has 21 heavy (non-hydrogen) atoms. The van der Waals surface area contributed by atoms with Crippen molar-refractivity contribution in [3.8, 4) is 6.07 Å². The average Bonchev–Trinajstić information content (AvgIpc) is 2.43. The summed E-state index contributed by atoms with van der Waals surface area (Å²) in [5, 5.41) is 22.9. The van der Waals surface area contributed by atoms with Crippen LogP contribution in [0.4, 0.5) is 10.5 Å². The molecule has 0 spiro atoms. The fourth-order valence-electron chi connectivity index (χ4n) is 1.70. The van der Waals surface area contributed by atoms with Crippen molar-refractivity contribution >= 4 is 29.3 Å². The zero-order valence-electron chi connectivity index (χ0n) is 11.5. The minimum absolute atomic E-state index is 0.0134. The van der Waals surface area contributed by atoms with Crippen LogP contribution >= 0.6 is 11.6 Å². The molecule has 1 aromatic carbocycles. The van der Waals surface area contributed by atoms with Crippen LogP contribution in [0.15, 0.2) is 18.2 Å². The molecule has 1 rings (SSSR count). The number of hydrogen-bond acceptors (Lipinski definition) is 3. The standard InChI is InChI=1S/C14H16ClN3O3/c1-2-9(5-13(19)20)8-17-14(21)18-11-4-3-10(7-16)12(15)6-11/h3-4,6,9H,2,5,8H2,1H3,(H,19,20)(H2,17,18,21). The van der Waals surface area contributed by atoms with Crippen LogP contribution in [0.2, 0.25) is 5.02 Å². The number of rotatable bonds is 6. The van der Waals surface area contributed by atoms with Gasteiger partial charge in [-0.25, -0.2) is 4.79 Å². The molecule has 0 aliphatic carbocycles. The molecule has 0 radical (unpaired) electrons. The first-order valence-electron chi connectivity index (χ1n) is 6.42. The molecule has 1 unspecified atom stereocenters. The fraction of sp³-hybridized carbons (Fsp3) is 0.357. The highest BCUT2D eigenvalue weighted by Crippen LogP contribution is 2.20. The van der Waals surface area contributed by atoms with Crippen molar-refractivity contribution in [2.45, 2.75) is 19.8 Å². The van der Waals surface area contributed by atoms with Gasteiger partial charge in [0.25, 0.3) is 0 Å². The fourth-order valence-corrected chi connectivity index (χ4v) is 1.93. The van der Waals surface area contributed by atoms with Gasteiger partial charge in [-0.1, -0.05) is 24.9 Å². The van der Waals surface area contributed by atoms with Crippen LogP contribution in [0.25, 0.3) is 0 Å². The van der Waals surface area contributed by atoms with Gasteiger partial charge >= 0.3 is 12.0 Å². The highest BCUT2D eigenvalue weighted by atomic mass is 35.5. The van der Waals surface area contributed by atoms with Gasteiger partial charge in [-0.2, -0.15) is 5.26 Å². The summed E-state index contributed by atoms with van der Waals surface area (Å²) in [7, 11) is 0. The molecule has 0 fully saturated rings. The lowest BCUT2D eigenvalue weighted by atomic mass is 10.0. The van der Waals surface area contributed by atoms with Gasteiger partial charge in [0, 0.05) is 18.7 Å². The number of carbonyl (C=O) groups excluding carboxylic acids is 1. The summed E-state index contributed by atoms with van der Waals surface area (Å²) in [4.78, 5) is 22.3. The third-order valence-corrected chi connectivity index (χ3v) is 3.25. The van der Waals surface area contributed by atoms with Crippen LogP contribution in [0, 0.1) is 17.2 Å². The van der Waals surface area contributed by atoms with Crippen LogP contribution in [-0.2, 0) is 4.79 Å². The number of halogens is 1. The first kappa shape index (κ1) is 16.8. The minimum Gasteiger partial charge on any atom is -0.481 e. The SMILES string of the molecule is CCC(CNC(=O)Nc1ccc(C#N)c(Cl)c1)CC(=O)O. The van der Waals surface area contributed by atoms with Crippen molar-refractivity contribution in [2.24, 2.45) is 5.92 Å². The van der Waals surface area contributed by atoms with Crippen molar-refractivity contribution in [2.75, 3.05) is 11.9 Å². The molecule has 0 aliphatic rings. The van der Waals surface area contributed by atoms with E-state index in [1.54, 1.807) is 6.07 Å². The molecule has 0 saturated carbocycles. The number of carboxylic acid groups (broad SMARTS) is 1. The van der Waals surface area contributed by atoms with Crippen LogP contribution in [-0.4, -0.2) is 23.7 Å². The largest absolute Gasteiger partial charge is 0.481 e. The van der Waals surface area contributed by atoms with E-state index in [9.17, 15) is 9.59 Å². The lowest BCUT2D eigenvalue weighted by Crippen LogP contribution is -2.33. The van der Waals surface area contributed by atoms with E-state index in [-0.39, 0.29) is 23.9 Å². The molecular weight excluding hydrogens is 294 g/mol. The molecule has 1 aromatic rings. The number of benzene rings is 1. The lowest BCUT2D eigenvalue weighted by Gasteiger charge is -2.14. The van der Waals surface area contributed by atoms with E-state index in [1.807, 2.05) is 13.0 Å². The van der Waals surface area contributed by atoms with Crippen molar-refractivity contribution in [3.63, 3.8) is 0 Å². The van der Waals surface area contributed by atoms with Crippen molar-refractivity contribution < 1.29 is 14.7 Å². The van der Waals surface area contributed by atoms with E-state index in [0.717, 1.165) is 0 Å². The number of hydrogen-bond donors (Lipinski definition) is 3. The Morgan fingerprint density at radius 1 is 1.48 bits per heavy atom. The summed E-state index contributed by atoms with van der Waals surface area (Å²) in [5.74, 6) is -0.999. The summed E-state index contributed by atoms with van der Waals surface area (Å²) in [6.07, 6.45) is 0.675. The summed E-state index contributed by atoms with van der Waals surface area (Å²) in [6, 6.07) is 6.04. The molecule has 1 atom stereocenters. The van der Waals surface area contributed by atoms with Gasteiger partial charge in [0.15, 0.2) is 0 Å². The predicted octanol–water partition coefficient (Wildman–Crippen LogP) is 2.83. The highest BCUT2D eigenvalue weighted by molar-refractivity contribution is 6.32. The molecule has 112 valence electrons. The van der Waals surface area contributed by atoms with Gasteiger partial charge in [0.1, 0.15) is 6.07 Å². The monoisotopic (exact) mass is 309 g/mol. The average molecular weight is 310 g/mol. The summed E-state index contributed by atoms with van der Waals surface area (Å²) >= 11 is 5.86. The van der Waals surface area contributed by atoms with E-state index >= 15 is 0 Å². The van der Waals surface area contributed by atoms with E-state index in [4.69, 9.17) is 22.0 Å². The summed E-state index contributed by atoms with van der Waals surface area (Å²) < 4.78 is 0. The lowest BCUT2D eigenvalue weighted by molar-refractivity contribution is -0.138. The molecule has 3 N–H and O–H groups in total. The second-order valence-corrected chi connectivity index (χ2v) is 4.92. The number of nitrogens with zero attached hydrogens (tertiary/aromatic N) is 1. The Hall–Kier alpha value is -2.26. The molecule has 0 aromatic heterocycles. The van der Waals surface area contributed by atoms with Crippen molar-refractivity contribution in [3.05, 3.63) is 28.8 Å². The quantitative estimate of drug-likeness (QED) is 0.751. The second-order valence-electron chi connectivity index (χ2n) is 4.51. The number of anilines is 1. The number of carboxylic acids is 1. The Labute approximate surface area is 127 Å². The number of amides is 2. The molecule has 6 nitrogen and oxygen atoms in total. The van der Waals surface area contributed by atoms with E-state index in [0.29, 0.717) is 17.7 Å². The van der Waals surface area contributed by atoms with Crippen molar-refractivity contribution in [1.82, 2.24) is 5.32 Å². The maximum Gasteiger partial charge on any atom is 0.319 e. The summed E-state index contributed by atoms with van der Waals surface area (Å²) in [6.45, 7) is 2.15. The third kappa shape index (κ3) is 5.71. The van der Waals surface area contributed by atoms with Crippen molar-refractivity contribution in [1.29, 1.82) is 5.26 Å². The number of nitriles is 1. The normalized spacial score (nSPS) is 11.3. The topological polar surface area (TPSA) is 102 Å². The van der Waals surface area contributed by atoms with Crippen LogP contribution in [0.1, 0.15) is 25.3 Å². The molecule has 0 aliphatic heterocycles. The maximum absolute atomic E-state index is 11.7. The molecular formula is C14H16ClN3O3. The first-order valence-corrected chi connectivity index (χ1v) is 6.80. The van der Waals surface area contributed by atoms with Crippen LogP contribution in [0.5, 0.6) is 0 Å². The molecule has 0 heterocycles. The van der Waals surface area contributed by atoms with Gasteiger partial charge in [0.2, 0.25) is 0 Å². The number of carbonyl (C=O) groups is 2. The first-order chi connectivity index (χ1) is 9.96.